The molecule has 2 heterocycles. The van der Waals surface area contributed by atoms with Crippen LogP contribution in [0.5, 0.6) is 0 Å². The maximum atomic E-state index is 13.7. The molecule has 1 aliphatic carbocycles. The Labute approximate surface area is 193 Å². The predicted molar refractivity (Wildman–Crippen MR) is 123 cm³/mol. The number of halogens is 1. The topological polar surface area (TPSA) is 70.2 Å². The maximum absolute atomic E-state index is 13.7. The molecule has 5 rings (SSSR count). The number of benzene rings is 2. The fraction of sp³-hybridized carbons (Fsp3) is 0.385. The lowest BCUT2D eigenvalue weighted by Gasteiger charge is -2.44. The second-order valence-electron chi connectivity index (χ2n) is 9.15. The standard InChI is InChI=1S/C26H29FN4O2/c1-17-15-28-22(29-17)16-31-12-10-26(11-13-31)21-9-4-3-8-20(21)23(24(26)33-2)30-25(32)18-6-5-7-19(27)14-18/h3-9,14-15,23-24H,10-13,16H2,1-2H3,(H,28,29)(H,30,32)/t23-,24+/m1/s1. The minimum absolute atomic E-state index is 0.180. The van der Waals surface area contributed by atoms with Gasteiger partial charge in [-0.15, -0.1) is 0 Å². The monoisotopic (exact) mass is 448 g/mol. The first kappa shape index (κ1) is 21.8. The third-order valence-electron chi connectivity index (χ3n) is 7.18. The quantitative estimate of drug-likeness (QED) is 0.621. The molecule has 7 heteroatoms. The van der Waals surface area contributed by atoms with E-state index in [0.717, 1.165) is 49.6 Å². The van der Waals surface area contributed by atoms with E-state index in [2.05, 4.69) is 38.4 Å². The van der Waals surface area contributed by atoms with Crippen molar-refractivity contribution in [3.05, 3.63) is 88.8 Å². The molecule has 2 aromatic carbocycles. The fourth-order valence-corrected chi connectivity index (χ4v) is 5.65. The first-order valence-electron chi connectivity index (χ1n) is 11.4. The highest BCUT2D eigenvalue weighted by Crippen LogP contribution is 2.52. The summed E-state index contributed by atoms with van der Waals surface area (Å²) >= 11 is 0. The average Bonchev–Trinajstić information content (AvgIpc) is 3.34. The molecular weight excluding hydrogens is 419 g/mol. The van der Waals surface area contributed by atoms with Gasteiger partial charge in [-0.25, -0.2) is 9.37 Å². The molecule has 1 saturated heterocycles. The van der Waals surface area contributed by atoms with E-state index in [-0.39, 0.29) is 23.5 Å². The number of hydrogen-bond donors (Lipinski definition) is 2. The molecule has 1 aromatic heterocycles. The van der Waals surface area contributed by atoms with Gasteiger partial charge in [-0.05, 0) is 62.2 Å². The second-order valence-corrected chi connectivity index (χ2v) is 9.15. The number of H-pyrrole nitrogens is 1. The number of fused-ring (bicyclic) bond motifs is 2. The number of nitrogens with one attached hydrogen (secondary N) is 2. The first-order valence-corrected chi connectivity index (χ1v) is 11.4. The smallest absolute Gasteiger partial charge is 0.251 e. The molecule has 1 aliphatic heterocycles. The molecule has 2 aliphatic rings. The molecule has 0 radical (unpaired) electrons. The van der Waals surface area contributed by atoms with Crippen molar-refractivity contribution < 1.29 is 13.9 Å². The summed E-state index contributed by atoms with van der Waals surface area (Å²) in [4.78, 5) is 23.2. The van der Waals surface area contributed by atoms with E-state index in [4.69, 9.17) is 4.74 Å². The Morgan fingerprint density at radius 3 is 2.73 bits per heavy atom. The van der Waals surface area contributed by atoms with E-state index >= 15 is 0 Å². The maximum Gasteiger partial charge on any atom is 0.251 e. The van der Waals surface area contributed by atoms with Gasteiger partial charge >= 0.3 is 0 Å². The predicted octanol–water partition coefficient (Wildman–Crippen LogP) is 3.89. The number of aryl methyl sites for hydroxylation is 1. The van der Waals surface area contributed by atoms with Gasteiger partial charge in [0, 0.05) is 30.0 Å². The molecule has 0 unspecified atom stereocenters. The normalized spacial score (nSPS) is 21.8. The molecule has 2 atom stereocenters. The second kappa shape index (κ2) is 8.72. The summed E-state index contributed by atoms with van der Waals surface area (Å²) in [6.45, 7) is 4.64. The lowest BCUT2D eigenvalue weighted by molar-refractivity contribution is -0.0124. The number of carbonyl (C=O) groups excluding carboxylic acids is 1. The number of likely N-dealkylation sites (tertiary alicyclic amines) is 1. The fourth-order valence-electron chi connectivity index (χ4n) is 5.65. The van der Waals surface area contributed by atoms with Crippen molar-refractivity contribution in [1.29, 1.82) is 0 Å². The average molecular weight is 449 g/mol. The van der Waals surface area contributed by atoms with Crippen molar-refractivity contribution >= 4 is 5.91 Å². The van der Waals surface area contributed by atoms with Crippen molar-refractivity contribution in [2.75, 3.05) is 20.2 Å². The number of rotatable bonds is 5. The summed E-state index contributed by atoms with van der Waals surface area (Å²) < 4.78 is 19.8. The van der Waals surface area contributed by atoms with Crippen molar-refractivity contribution in [3.63, 3.8) is 0 Å². The van der Waals surface area contributed by atoms with Gasteiger partial charge in [0.25, 0.3) is 5.91 Å². The highest BCUT2D eigenvalue weighted by atomic mass is 19.1. The SMILES string of the molecule is CO[C@H]1[C@H](NC(=O)c2cccc(F)c2)c2ccccc2C12CCN(Cc1ncc(C)[nH]1)CC2. The van der Waals surface area contributed by atoms with Gasteiger partial charge in [0.2, 0.25) is 0 Å². The molecule has 6 nitrogen and oxygen atoms in total. The minimum atomic E-state index is -0.423. The molecule has 1 amide bonds. The molecule has 172 valence electrons. The number of ether oxygens (including phenoxy) is 1. The summed E-state index contributed by atoms with van der Waals surface area (Å²) in [6.07, 6.45) is 3.52. The van der Waals surface area contributed by atoms with E-state index in [1.54, 1.807) is 19.2 Å². The van der Waals surface area contributed by atoms with Crippen LogP contribution in [0.25, 0.3) is 0 Å². The van der Waals surface area contributed by atoms with Crippen LogP contribution >= 0.6 is 0 Å². The summed E-state index contributed by atoms with van der Waals surface area (Å²) in [6, 6.07) is 13.8. The van der Waals surface area contributed by atoms with Crippen molar-refractivity contribution in [2.24, 2.45) is 0 Å². The van der Waals surface area contributed by atoms with Gasteiger partial charge in [0.1, 0.15) is 11.6 Å². The number of carbonyl (C=O) groups is 1. The number of nitrogens with zero attached hydrogens (tertiary/aromatic N) is 2. The van der Waals surface area contributed by atoms with Crippen molar-refractivity contribution in [2.45, 2.75) is 43.9 Å². The van der Waals surface area contributed by atoms with Crippen LogP contribution < -0.4 is 5.32 Å². The van der Waals surface area contributed by atoms with Gasteiger partial charge in [0.05, 0.1) is 18.7 Å². The number of methoxy groups -OCH3 is 1. The number of imidazole rings is 1. The number of hydrogen-bond acceptors (Lipinski definition) is 4. The zero-order valence-corrected chi connectivity index (χ0v) is 19.0. The molecule has 0 bridgehead atoms. The Balaban J connectivity index is 1.39. The Kier molecular flexibility index (Phi) is 5.76. The summed E-state index contributed by atoms with van der Waals surface area (Å²) in [7, 11) is 1.72. The van der Waals surface area contributed by atoms with Gasteiger partial charge in [0.15, 0.2) is 0 Å². The lowest BCUT2D eigenvalue weighted by atomic mass is 9.72. The zero-order chi connectivity index (χ0) is 23.0. The Morgan fingerprint density at radius 1 is 1.24 bits per heavy atom. The summed E-state index contributed by atoms with van der Waals surface area (Å²) in [5.41, 5.74) is 3.53. The third-order valence-corrected chi connectivity index (χ3v) is 7.18. The molecular formula is C26H29FN4O2. The molecule has 1 fully saturated rings. The van der Waals surface area contributed by atoms with Crippen LogP contribution in [0.4, 0.5) is 4.39 Å². The van der Waals surface area contributed by atoms with Crippen LogP contribution in [0.15, 0.2) is 54.7 Å². The van der Waals surface area contributed by atoms with Gasteiger partial charge in [-0.3, -0.25) is 9.69 Å². The number of aromatic amines is 1. The Morgan fingerprint density at radius 2 is 2.03 bits per heavy atom. The summed E-state index contributed by atoms with van der Waals surface area (Å²) in [5.74, 6) is 0.270. The van der Waals surface area contributed by atoms with Gasteiger partial charge in [-0.1, -0.05) is 30.3 Å². The van der Waals surface area contributed by atoms with E-state index in [1.807, 2.05) is 19.2 Å². The molecule has 0 saturated carbocycles. The molecule has 2 N–H and O–H groups in total. The minimum Gasteiger partial charge on any atom is -0.378 e. The number of piperidine rings is 1. The summed E-state index contributed by atoms with van der Waals surface area (Å²) in [5, 5.41) is 3.15. The van der Waals surface area contributed by atoms with Gasteiger partial charge < -0.3 is 15.0 Å². The van der Waals surface area contributed by atoms with Crippen molar-refractivity contribution in [1.82, 2.24) is 20.2 Å². The Bertz CT molecular complexity index is 1150. The highest BCUT2D eigenvalue weighted by Gasteiger charge is 2.54. The van der Waals surface area contributed by atoms with Crippen LogP contribution in [0.3, 0.4) is 0 Å². The molecule has 3 aromatic rings. The van der Waals surface area contributed by atoms with E-state index in [1.165, 1.54) is 17.7 Å². The first-order chi connectivity index (χ1) is 16.0. The zero-order valence-electron chi connectivity index (χ0n) is 19.0. The van der Waals surface area contributed by atoms with E-state index in [9.17, 15) is 9.18 Å². The largest absolute Gasteiger partial charge is 0.378 e. The van der Waals surface area contributed by atoms with Crippen LogP contribution in [0.1, 0.15) is 51.9 Å². The van der Waals surface area contributed by atoms with Crippen LogP contribution in [-0.2, 0) is 16.7 Å². The Hall–Kier alpha value is -3.03. The highest BCUT2D eigenvalue weighted by molar-refractivity contribution is 5.94. The molecule has 33 heavy (non-hydrogen) atoms. The van der Waals surface area contributed by atoms with E-state index in [0.29, 0.717) is 5.56 Å². The van der Waals surface area contributed by atoms with Crippen LogP contribution in [-0.4, -0.2) is 47.1 Å². The number of aromatic nitrogens is 2. The molecule has 1 spiro atoms. The van der Waals surface area contributed by atoms with Crippen LogP contribution in [0, 0.1) is 12.7 Å². The van der Waals surface area contributed by atoms with Crippen molar-refractivity contribution in [3.8, 4) is 0 Å². The van der Waals surface area contributed by atoms with E-state index < -0.39 is 5.82 Å². The third kappa shape index (κ3) is 3.96. The lowest BCUT2D eigenvalue weighted by Crippen LogP contribution is -2.50. The number of amides is 1. The van der Waals surface area contributed by atoms with Gasteiger partial charge in [-0.2, -0.15) is 0 Å². The van der Waals surface area contributed by atoms with Crippen LogP contribution in [0.2, 0.25) is 0 Å².